The van der Waals surface area contributed by atoms with Gasteiger partial charge in [-0.2, -0.15) is 5.26 Å². The zero-order valence-corrected chi connectivity index (χ0v) is 13.4. The van der Waals surface area contributed by atoms with Gasteiger partial charge in [0.25, 0.3) is 0 Å². The molecule has 1 aromatic carbocycles. The molecule has 2 heterocycles. The summed E-state index contributed by atoms with van der Waals surface area (Å²) in [7, 11) is 1.95. The molecule has 2 aromatic rings. The minimum Gasteiger partial charge on any atom is -0.446 e. The van der Waals surface area contributed by atoms with Gasteiger partial charge in [0.15, 0.2) is 5.78 Å². The fraction of sp³-hybridized carbons (Fsp3) is 0.316. The highest BCUT2D eigenvalue weighted by Gasteiger charge is 2.43. The van der Waals surface area contributed by atoms with Crippen molar-refractivity contribution in [2.75, 3.05) is 0 Å². The Morgan fingerprint density at radius 1 is 1.33 bits per heavy atom. The van der Waals surface area contributed by atoms with Crippen LogP contribution in [0.3, 0.4) is 0 Å². The van der Waals surface area contributed by atoms with E-state index in [1.807, 2.05) is 42.1 Å². The lowest BCUT2D eigenvalue weighted by molar-refractivity contribution is -0.116. The maximum Gasteiger partial charge on any atom is 0.205 e. The number of aryl methyl sites for hydroxylation is 1. The van der Waals surface area contributed by atoms with Crippen LogP contribution in [-0.4, -0.2) is 16.2 Å². The average molecular weight is 319 g/mol. The first kappa shape index (κ1) is 14.7. The van der Waals surface area contributed by atoms with Crippen molar-refractivity contribution in [1.82, 2.24) is 4.57 Å². The quantitative estimate of drug-likeness (QED) is 0.874. The first-order chi connectivity index (χ1) is 11.6. The van der Waals surface area contributed by atoms with Crippen LogP contribution in [0.15, 0.2) is 41.8 Å². The number of hydrogen-bond donors (Lipinski definition) is 1. The first-order valence-electron chi connectivity index (χ1n) is 8.08. The predicted octanol–water partition coefficient (Wildman–Crippen LogP) is 3.42. The van der Waals surface area contributed by atoms with Crippen LogP contribution < -0.4 is 0 Å². The number of para-hydroxylation sites is 1. The minimum absolute atomic E-state index is 0.0435. The summed E-state index contributed by atoms with van der Waals surface area (Å²) >= 11 is 0. The number of aromatic nitrogens is 1. The molecule has 0 saturated carbocycles. The third-order valence-corrected chi connectivity index (χ3v) is 4.97. The van der Waals surface area contributed by atoms with Gasteiger partial charge in [-0.15, -0.1) is 0 Å². The number of nitriles is 1. The topological polar surface area (TPSA) is 78.9 Å². The van der Waals surface area contributed by atoms with E-state index in [0.717, 1.165) is 22.9 Å². The fourth-order valence-electron chi connectivity index (χ4n) is 3.89. The van der Waals surface area contributed by atoms with Gasteiger partial charge in [0.1, 0.15) is 11.7 Å². The van der Waals surface area contributed by atoms with Crippen molar-refractivity contribution < 1.29 is 9.53 Å². The Kier molecular flexibility index (Phi) is 3.27. The molecule has 1 aliphatic carbocycles. The van der Waals surface area contributed by atoms with Crippen molar-refractivity contribution in [2.24, 2.45) is 13.0 Å². The second kappa shape index (κ2) is 5.34. The number of Topliss-reactive ketones (excluding diaryl/α,β-unsaturated/α-hetero) is 1. The van der Waals surface area contributed by atoms with E-state index in [4.69, 9.17) is 10.1 Å². The highest BCUT2D eigenvalue weighted by Crippen LogP contribution is 2.45. The van der Waals surface area contributed by atoms with Gasteiger partial charge in [-0.25, -0.2) is 0 Å². The monoisotopic (exact) mass is 319 g/mol. The van der Waals surface area contributed by atoms with Crippen LogP contribution in [0.2, 0.25) is 0 Å². The molecular formula is C19H17N3O2. The van der Waals surface area contributed by atoms with Crippen molar-refractivity contribution in [2.45, 2.75) is 25.2 Å². The lowest BCUT2D eigenvalue weighted by Crippen LogP contribution is -2.34. The zero-order valence-electron chi connectivity index (χ0n) is 13.4. The molecule has 2 atom stereocenters. The number of rotatable bonds is 1. The molecular weight excluding hydrogens is 302 g/mol. The maximum atomic E-state index is 12.6. The Morgan fingerprint density at radius 2 is 2.12 bits per heavy atom. The zero-order chi connectivity index (χ0) is 16.8. The smallest absolute Gasteiger partial charge is 0.205 e. The van der Waals surface area contributed by atoms with Crippen LogP contribution in [-0.2, 0) is 16.6 Å². The number of ketones is 1. The summed E-state index contributed by atoms with van der Waals surface area (Å²) in [5, 5.41) is 18.8. The van der Waals surface area contributed by atoms with Gasteiger partial charge in [0.2, 0.25) is 5.90 Å². The summed E-state index contributed by atoms with van der Waals surface area (Å²) in [5.74, 6) is -0.617. The van der Waals surface area contributed by atoms with Crippen molar-refractivity contribution in [3.63, 3.8) is 0 Å². The van der Waals surface area contributed by atoms with E-state index >= 15 is 0 Å². The number of hydrogen-bond acceptors (Lipinski definition) is 4. The summed E-state index contributed by atoms with van der Waals surface area (Å²) < 4.78 is 7.55. The molecule has 1 N–H and O–H groups in total. The van der Waals surface area contributed by atoms with E-state index in [1.165, 1.54) is 0 Å². The van der Waals surface area contributed by atoms with Crippen LogP contribution >= 0.6 is 0 Å². The van der Waals surface area contributed by atoms with Gasteiger partial charge in [-0.05, 0) is 18.1 Å². The molecule has 0 spiro atoms. The fourth-order valence-corrected chi connectivity index (χ4v) is 3.89. The van der Waals surface area contributed by atoms with E-state index in [9.17, 15) is 10.1 Å². The van der Waals surface area contributed by atoms with E-state index < -0.39 is 11.8 Å². The standard InChI is InChI=1S/C19H17N3O2/c1-22-10-13(11-5-2-3-6-14(11)22)17-12(9-20)19(21)24-16-8-4-7-15(23)18(16)17/h2-3,5-6,10,12,17,21H,4,7-8H2,1H3. The van der Waals surface area contributed by atoms with Crippen LogP contribution in [0, 0.1) is 22.7 Å². The normalized spacial score (nSPS) is 23.8. The Labute approximate surface area is 139 Å². The van der Waals surface area contributed by atoms with Gasteiger partial charge >= 0.3 is 0 Å². The molecule has 120 valence electrons. The van der Waals surface area contributed by atoms with Crippen LogP contribution in [0.5, 0.6) is 0 Å². The van der Waals surface area contributed by atoms with Gasteiger partial charge in [0.05, 0.1) is 6.07 Å². The molecule has 5 heteroatoms. The largest absolute Gasteiger partial charge is 0.446 e. The van der Waals surface area contributed by atoms with Gasteiger partial charge in [0, 0.05) is 48.5 Å². The molecule has 0 radical (unpaired) electrons. The number of fused-ring (bicyclic) bond motifs is 1. The second-order valence-corrected chi connectivity index (χ2v) is 6.38. The molecule has 4 rings (SSSR count). The van der Waals surface area contributed by atoms with Crippen LogP contribution in [0.25, 0.3) is 10.9 Å². The van der Waals surface area contributed by atoms with Crippen LogP contribution in [0.4, 0.5) is 0 Å². The summed E-state index contributed by atoms with van der Waals surface area (Å²) in [4.78, 5) is 12.6. The highest BCUT2D eigenvalue weighted by molar-refractivity contribution is 6.02. The van der Waals surface area contributed by atoms with Gasteiger partial charge in [-0.3, -0.25) is 10.2 Å². The van der Waals surface area contributed by atoms with E-state index in [-0.39, 0.29) is 11.7 Å². The molecule has 1 aliphatic heterocycles. The van der Waals surface area contributed by atoms with Gasteiger partial charge in [-0.1, -0.05) is 18.2 Å². The Hall–Kier alpha value is -2.87. The third kappa shape index (κ3) is 2.00. The van der Waals surface area contributed by atoms with Crippen molar-refractivity contribution in [3.05, 3.63) is 47.4 Å². The Morgan fingerprint density at radius 3 is 2.92 bits per heavy atom. The summed E-state index contributed by atoms with van der Waals surface area (Å²) in [6.45, 7) is 0. The number of nitrogens with zero attached hydrogens (tertiary/aromatic N) is 2. The van der Waals surface area contributed by atoms with Crippen molar-refractivity contribution in [1.29, 1.82) is 10.7 Å². The first-order valence-corrected chi connectivity index (χ1v) is 8.08. The van der Waals surface area contributed by atoms with E-state index in [2.05, 4.69) is 6.07 Å². The van der Waals surface area contributed by atoms with Crippen molar-refractivity contribution >= 4 is 22.6 Å². The maximum absolute atomic E-state index is 12.6. The van der Waals surface area contributed by atoms with E-state index in [0.29, 0.717) is 24.2 Å². The number of carbonyl (C=O) groups excluding carboxylic acids is 1. The number of benzene rings is 1. The summed E-state index contributed by atoms with van der Waals surface area (Å²) in [5.41, 5.74) is 2.57. The van der Waals surface area contributed by atoms with Gasteiger partial charge < -0.3 is 9.30 Å². The molecule has 0 amide bonds. The third-order valence-electron chi connectivity index (χ3n) is 4.97. The van der Waals surface area contributed by atoms with E-state index in [1.54, 1.807) is 0 Å². The highest BCUT2D eigenvalue weighted by atomic mass is 16.5. The summed E-state index contributed by atoms with van der Waals surface area (Å²) in [6.07, 6.45) is 3.85. The molecule has 2 unspecified atom stereocenters. The molecule has 5 nitrogen and oxygen atoms in total. The summed E-state index contributed by atoms with van der Waals surface area (Å²) in [6, 6.07) is 10.1. The molecule has 1 aromatic heterocycles. The number of allylic oxidation sites excluding steroid dienone is 2. The average Bonchev–Trinajstić information content (AvgIpc) is 2.91. The number of ether oxygens (including phenoxy) is 1. The lowest BCUT2D eigenvalue weighted by atomic mass is 9.74. The molecule has 0 saturated heterocycles. The minimum atomic E-state index is -0.767. The molecule has 0 bridgehead atoms. The Bertz CT molecular complexity index is 945. The molecule has 0 fully saturated rings. The predicted molar refractivity (Wildman–Crippen MR) is 89.5 cm³/mol. The van der Waals surface area contributed by atoms with Crippen LogP contribution in [0.1, 0.15) is 30.7 Å². The number of nitrogens with one attached hydrogen (secondary N) is 1. The second-order valence-electron chi connectivity index (χ2n) is 6.38. The lowest BCUT2D eigenvalue weighted by Gasteiger charge is -2.33. The molecule has 24 heavy (non-hydrogen) atoms. The molecule has 2 aliphatic rings. The van der Waals surface area contributed by atoms with Crippen molar-refractivity contribution in [3.8, 4) is 6.07 Å². The number of carbonyl (C=O) groups is 1. The SMILES string of the molecule is Cn1cc(C2C3=C(CCCC3=O)OC(=N)C2C#N)c2ccccc21. The Balaban J connectivity index is 2.00.